The molecule has 3 heteroatoms. The number of carboxylic acids is 1. The summed E-state index contributed by atoms with van der Waals surface area (Å²) in [6, 6.07) is 0. The summed E-state index contributed by atoms with van der Waals surface area (Å²) in [5.41, 5.74) is 0. The van der Waals surface area contributed by atoms with Gasteiger partial charge in [-0.1, -0.05) is 20.8 Å². The predicted octanol–water partition coefficient (Wildman–Crippen LogP) is 1.99. The van der Waals surface area contributed by atoms with Crippen molar-refractivity contribution in [3.05, 3.63) is 6.54 Å². The molecule has 0 spiro atoms. The molecule has 0 heterocycles. The summed E-state index contributed by atoms with van der Waals surface area (Å²) in [5, 5.41) is 8.63. The van der Waals surface area contributed by atoms with Gasteiger partial charge in [0.15, 0.2) is 0 Å². The normalized spacial score (nSPS) is 13.2. The van der Waals surface area contributed by atoms with E-state index >= 15 is 0 Å². The van der Waals surface area contributed by atoms with Gasteiger partial charge in [0.05, 0.1) is 5.92 Å². The van der Waals surface area contributed by atoms with Crippen LogP contribution >= 0.6 is 0 Å². The van der Waals surface area contributed by atoms with Gasteiger partial charge in [0.1, 0.15) is 0 Å². The molecule has 1 N–H and O–H groups in total. The first-order chi connectivity index (χ1) is 6.11. The lowest BCUT2D eigenvalue weighted by Crippen LogP contribution is -2.20. The second-order valence-corrected chi connectivity index (χ2v) is 3.22. The van der Waals surface area contributed by atoms with Crippen molar-refractivity contribution in [3.63, 3.8) is 0 Å². The van der Waals surface area contributed by atoms with Crippen LogP contribution in [0.15, 0.2) is 0 Å². The van der Waals surface area contributed by atoms with Crippen LogP contribution in [0.3, 0.4) is 0 Å². The van der Waals surface area contributed by atoms with Gasteiger partial charge in [-0.25, -0.2) is 0 Å². The molecule has 1 unspecified atom stereocenters. The van der Waals surface area contributed by atoms with Crippen molar-refractivity contribution in [2.45, 2.75) is 33.6 Å². The predicted molar refractivity (Wildman–Crippen MR) is 53.3 cm³/mol. The maximum absolute atomic E-state index is 10.5. The Labute approximate surface area is 80.7 Å². The molecule has 0 aliphatic heterocycles. The summed E-state index contributed by atoms with van der Waals surface area (Å²) >= 11 is 0. The molecule has 3 nitrogen and oxygen atoms in total. The highest BCUT2D eigenvalue weighted by atomic mass is 16.4. The number of hydrogen-bond acceptors (Lipinski definition) is 2. The van der Waals surface area contributed by atoms with Crippen LogP contribution in [0.5, 0.6) is 0 Å². The fraction of sp³-hybridized carbons (Fsp3) is 0.800. The van der Waals surface area contributed by atoms with E-state index in [9.17, 15) is 4.79 Å². The van der Waals surface area contributed by atoms with Crippen LogP contribution in [-0.2, 0) is 4.79 Å². The molecule has 0 fully saturated rings. The van der Waals surface area contributed by atoms with Crippen LogP contribution < -0.4 is 0 Å². The monoisotopic (exact) mass is 186 g/mol. The van der Waals surface area contributed by atoms with E-state index in [1.807, 2.05) is 0 Å². The Morgan fingerprint density at radius 1 is 1.46 bits per heavy atom. The van der Waals surface area contributed by atoms with E-state index in [1.54, 1.807) is 6.92 Å². The van der Waals surface area contributed by atoms with Crippen molar-refractivity contribution in [2.75, 3.05) is 13.1 Å². The van der Waals surface area contributed by atoms with Crippen molar-refractivity contribution in [1.82, 2.24) is 4.90 Å². The molecule has 0 saturated heterocycles. The van der Waals surface area contributed by atoms with Crippen molar-refractivity contribution < 1.29 is 9.90 Å². The minimum absolute atomic E-state index is 0.230. The zero-order valence-electron chi connectivity index (χ0n) is 8.79. The van der Waals surface area contributed by atoms with Gasteiger partial charge < -0.3 is 5.11 Å². The molecule has 0 aliphatic rings. The highest BCUT2D eigenvalue weighted by Crippen LogP contribution is 2.08. The maximum Gasteiger partial charge on any atom is 0.306 e. The molecule has 0 amide bonds. The summed E-state index contributed by atoms with van der Waals surface area (Å²) in [7, 11) is 0. The average Bonchev–Trinajstić information content (AvgIpc) is 2.12. The van der Waals surface area contributed by atoms with Gasteiger partial charge >= 0.3 is 5.97 Å². The molecule has 0 aromatic rings. The van der Waals surface area contributed by atoms with E-state index in [1.165, 1.54) is 0 Å². The summed E-state index contributed by atoms with van der Waals surface area (Å²) in [4.78, 5) is 12.7. The zero-order chi connectivity index (χ0) is 10.3. The van der Waals surface area contributed by atoms with Crippen LogP contribution in [0.1, 0.15) is 33.6 Å². The molecule has 1 atom stereocenters. The Bertz CT molecular complexity index is 144. The number of rotatable bonds is 7. The highest BCUT2D eigenvalue weighted by Gasteiger charge is 2.10. The summed E-state index contributed by atoms with van der Waals surface area (Å²) in [6.07, 6.45) is 1.58. The number of nitrogens with zero attached hydrogens (tertiary/aromatic N) is 1. The smallest absolute Gasteiger partial charge is 0.306 e. The third kappa shape index (κ3) is 5.64. The Morgan fingerprint density at radius 2 is 2.00 bits per heavy atom. The number of hydrogen-bond donors (Lipinski definition) is 1. The maximum atomic E-state index is 10.5. The third-order valence-electron chi connectivity index (χ3n) is 2.22. The Kier molecular flexibility index (Phi) is 6.59. The molecule has 0 aliphatic carbocycles. The first kappa shape index (κ1) is 12.4. The molecular formula is C10H20NO2. The molecule has 13 heavy (non-hydrogen) atoms. The van der Waals surface area contributed by atoms with E-state index in [4.69, 9.17) is 5.11 Å². The SMILES string of the molecule is CCN([CH]CCC(C)C(=O)O)CC. The van der Waals surface area contributed by atoms with Gasteiger partial charge in [-0.05, 0) is 25.9 Å². The molecule has 0 aromatic heterocycles. The van der Waals surface area contributed by atoms with E-state index in [2.05, 4.69) is 25.3 Å². The molecule has 0 bridgehead atoms. The Balaban J connectivity index is 3.48. The van der Waals surface area contributed by atoms with E-state index < -0.39 is 5.97 Å². The van der Waals surface area contributed by atoms with E-state index in [0.29, 0.717) is 0 Å². The molecule has 0 rings (SSSR count). The van der Waals surface area contributed by atoms with Gasteiger partial charge in [0, 0.05) is 6.54 Å². The number of carboxylic acid groups (broad SMARTS) is 1. The van der Waals surface area contributed by atoms with Crippen molar-refractivity contribution in [3.8, 4) is 0 Å². The molecular weight excluding hydrogens is 166 g/mol. The minimum atomic E-state index is -0.701. The largest absolute Gasteiger partial charge is 0.481 e. The fourth-order valence-electron chi connectivity index (χ4n) is 1.11. The Hall–Kier alpha value is -0.570. The topological polar surface area (TPSA) is 40.5 Å². The van der Waals surface area contributed by atoms with Crippen LogP contribution in [0.25, 0.3) is 0 Å². The number of aliphatic carboxylic acids is 1. The second-order valence-electron chi connectivity index (χ2n) is 3.22. The van der Waals surface area contributed by atoms with Gasteiger partial charge in [0.2, 0.25) is 0 Å². The quantitative estimate of drug-likeness (QED) is 0.661. The van der Waals surface area contributed by atoms with Crippen LogP contribution in [0, 0.1) is 12.5 Å². The van der Waals surface area contributed by atoms with Gasteiger partial charge in [0.25, 0.3) is 0 Å². The van der Waals surface area contributed by atoms with Gasteiger partial charge in [-0.15, -0.1) is 0 Å². The molecule has 1 radical (unpaired) electrons. The summed E-state index contributed by atoms with van der Waals surface area (Å²) in [5.74, 6) is -0.931. The minimum Gasteiger partial charge on any atom is -0.481 e. The van der Waals surface area contributed by atoms with Gasteiger partial charge in [-0.2, -0.15) is 0 Å². The average molecular weight is 186 g/mol. The Morgan fingerprint density at radius 3 is 2.38 bits per heavy atom. The van der Waals surface area contributed by atoms with Crippen molar-refractivity contribution in [2.24, 2.45) is 5.92 Å². The molecule has 0 saturated carbocycles. The third-order valence-corrected chi connectivity index (χ3v) is 2.22. The first-order valence-electron chi connectivity index (χ1n) is 4.92. The second kappa shape index (κ2) is 6.89. The van der Waals surface area contributed by atoms with E-state index in [-0.39, 0.29) is 5.92 Å². The van der Waals surface area contributed by atoms with Crippen molar-refractivity contribution in [1.29, 1.82) is 0 Å². The van der Waals surface area contributed by atoms with Crippen LogP contribution in [0.2, 0.25) is 0 Å². The first-order valence-corrected chi connectivity index (χ1v) is 4.92. The highest BCUT2D eigenvalue weighted by molar-refractivity contribution is 5.69. The van der Waals surface area contributed by atoms with Crippen molar-refractivity contribution >= 4 is 5.97 Å². The van der Waals surface area contributed by atoms with Crippen LogP contribution in [-0.4, -0.2) is 29.1 Å². The molecule has 0 aromatic carbocycles. The summed E-state index contributed by atoms with van der Waals surface area (Å²) in [6.45, 7) is 10.0. The van der Waals surface area contributed by atoms with Gasteiger partial charge in [-0.3, -0.25) is 9.69 Å². The zero-order valence-corrected chi connectivity index (χ0v) is 8.79. The lowest BCUT2D eigenvalue weighted by atomic mass is 10.1. The fourth-order valence-corrected chi connectivity index (χ4v) is 1.11. The number of carbonyl (C=O) groups is 1. The van der Waals surface area contributed by atoms with Crippen LogP contribution in [0.4, 0.5) is 0 Å². The summed E-state index contributed by atoms with van der Waals surface area (Å²) < 4.78 is 0. The van der Waals surface area contributed by atoms with E-state index in [0.717, 1.165) is 25.9 Å². The molecule has 77 valence electrons. The lowest BCUT2D eigenvalue weighted by molar-refractivity contribution is -0.141. The lowest BCUT2D eigenvalue weighted by Gasteiger charge is -2.17. The standard InChI is InChI=1S/C10H20NO2/c1-4-11(5-2)8-6-7-9(3)10(12)13/h8-9H,4-7H2,1-3H3,(H,12,13).